The van der Waals surface area contributed by atoms with Crippen molar-refractivity contribution < 1.29 is 14.7 Å². The van der Waals surface area contributed by atoms with Crippen LogP contribution in [0, 0.1) is 0 Å². The van der Waals surface area contributed by atoms with Gasteiger partial charge in [0.15, 0.2) is 0 Å². The van der Waals surface area contributed by atoms with Gasteiger partial charge in [-0.2, -0.15) is 0 Å². The van der Waals surface area contributed by atoms with Gasteiger partial charge >= 0.3 is 0 Å². The van der Waals surface area contributed by atoms with E-state index in [2.05, 4.69) is 29.6 Å². The third kappa shape index (κ3) is 6.72. The van der Waals surface area contributed by atoms with Crippen molar-refractivity contribution in [2.24, 2.45) is 0 Å². The van der Waals surface area contributed by atoms with Gasteiger partial charge in [-0.25, -0.2) is 5.43 Å². The van der Waals surface area contributed by atoms with Crippen molar-refractivity contribution in [2.45, 2.75) is 52.1 Å². The lowest BCUT2D eigenvalue weighted by Crippen LogP contribution is -2.50. The second-order valence-electron chi connectivity index (χ2n) is 6.14. The molecule has 1 atom stereocenters. The van der Waals surface area contributed by atoms with E-state index in [0.717, 1.165) is 26.2 Å². The van der Waals surface area contributed by atoms with Crippen LogP contribution < -0.4 is 10.9 Å². The van der Waals surface area contributed by atoms with Gasteiger partial charge in [0, 0.05) is 51.1 Å². The molecule has 1 fully saturated rings. The summed E-state index contributed by atoms with van der Waals surface area (Å²) in [5.41, 5.74) is 5.22. The van der Waals surface area contributed by atoms with Crippen LogP contribution in [0.25, 0.3) is 0 Å². The molecule has 2 amide bonds. The van der Waals surface area contributed by atoms with E-state index in [0.29, 0.717) is 25.3 Å². The van der Waals surface area contributed by atoms with Gasteiger partial charge < -0.3 is 10.0 Å². The lowest BCUT2D eigenvalue weighted by molar-refractivity contribution is -0.133. The quantitative estimate of drug-likeness (QED) is 0.536. The minimum absolute atomic E-state index is 0.0406. The highest BCUT2D eigenvalue weighted by molar-refractivity contribution is 5.78. The Morgan fingerprint density at radius 3 is 2.27 bits per heavy atom. The second-order valence-corrected chi connectivity index (χ2v) is 6.14. The van der Waals surface area contributed by atoms with Crippen LogP contribution in [-0.2, 0) is 9.59 Å². The van der Waals surface area contributed by atoms with Crippen LogP contribution in [0.15, 0.2) is 0 Å². The van der Waals surface area contributed by atoms with Crippen LogP contribution in [0.5, 0.6) is 0 Å². The molecule has 0 aromatic heterocycles. The molecule has 0 spiro atoms. The first-order valence-electron chi connectivity index (χ1n) is 8.11. The summed E-state index contributed by atoms with van der Waals surface area (Å²) in [6.07, 6.45) is 1.26. The molecule has 7 heteroatoms. The van der Waals surface area contributed by atoms with Gasteiger partial charge in [-0.05, 0) is 27.2 Å². The number of nitrogens with one attached hydrogen (secondary N) is 2. The van der Waals surface area contributed by atoms with Crippen molar-refractivity contribution >= 4 is 11.8 Å². The zero-order valence-electron chi connectivity index (χ0n) is 14.0. The van der Waals surface area contributed by atoms with Crippen LogP contribution in [0.2, 0.25) is 0 Å². The third-order valence-electron chi connectivity index (χ3n) is 3.92. The number of carbonyl (C=O) groups is 2. The van der Waals surface area contributed by atoms with Gasteiger partial charge in [0.1, 0.15) is 0 Å². The lowest BCUT2D eigenvalue weighted by atomic mass is 10.2. The number of nitrogens with zero attached hydrogens (tertiary/aromatic N) is 2. The molecule has 0 radical (unpaired) electrons. The van der Waals surface area contributed by atoms with Crippen LogP contribution in [-0.4, -0.2) is 71.6 Å². The predicted octanol–water partition coefficient (Wildman–Crippen LogP) is -0.289. The standard InChI is InChI=1S/C15H30N4O3/c1-12(2)18-7-9-19(10-8-18)15(22)6-4-5-14(21)17-16-13(3)11-20/h12-13,16,20H,4-11H2,1-3H3,(H,17,21). The number of carbonyl (C=O) groups excluding carboxylic acids is 2. The van der Waals surface area contributed by atoms with Crippen molar-refractivity contribution in [1.82, 2.24) is 20.7 Å². The highest BCUT2D eigenvalue weighted by atomic mass is 16.3. The van der Waals surface area contributed by atoms with Crippen molar-refractivity contribution in [3.8, 4) is 0 Å². The van der Waals surface area contributed by atoms with Gasteiger partial charge in [-0.1, -0.05) is 0 Å². The summed E-state index contributed by atoms with van der Waals surface area (Å²) >= 11 is 0. The Bertz CT molecular complexity index is 355. The molecular weight excluding hydrogens is 284 g/mol. The Kier molecular flexibility index (Phi) is 8.37. The van der Waals surface area contributed by atoms with Crippen molar-refractivity contribution in [1.29, 1.82) is 0 Å². The average Bonchev–Trinajstić information content (AvgIpc) is 2.52. The largest absolute Gasteiger partial charge is 0.395 e. The van der Waals surface area contributed by atoms with Gasteiger partial charge in [0.25, 0.3) is 0 Å². The Hall–Kier alpha value is -1.18. The molecule has 1 heterocycles. The summed E-state index contributed by atoms with van der Waals surface area (Å²) in [6, 6.07) is 0.345. The molecule has 1 rings (SSSR count). The normalized spacial score (nSPS) is 17.6. The number of hydrogen-bond donors (Lipinski definition) is 3. The van der Waals surface area contributed by atoms with Crippen LogP contribution >= 0.6 is 0 Å². The van der Waals surface area contributed by atoms with Gasteiger partial charge in [0.2, 0.25) is 11.8 Å². The zero-order valence-corrected chi connectivity index (χ0v) is 14.0. The first kappa shape index (κ1) is 18.9. The van der Waals surface area contributed by atoms with Gasteiger partial charge in [0.05, 0.1) is 6.61 Å². The van der Waals surface area contributed by atoms with Gasteiger partial charge in [-0.15, -0.1) is 0 Å². The lowest BCUT2D eigenvalue weighted by Gasteiger charge is -2.37. The molecular formula is C15H30N4O3. The van der Waals surface area contributed by atoms with E-state index in [9.17, 15) is 9.59 Å². The molecule has 128 valence electrons. The fourth-order valence-corrected chi connectivity index (χ4v) is 2.36. The summed E-state index contributed by atoms with van der Waals surface area (Å²) in [7, 11) is 0. The van der Waals surface area contributed by atoms with Crippen LogP contribution in [0.4, 0.5) is 0 Å². The van der Waals surface area contributed by atoms with E-state index >= 15 is 0 Å². The number of aliphatic hydroxyl groups excluding tert-OH is 1. The number of amides is 2. The molecule has 1 unspecified atom stereocenters. The van der Waals surface area contributed by atoms with E-state index in [1.165, 1.54) is 0 Å². The minimum atomic E-state index is -0.178. The molecule has 0 aliphatic carbocycles. The smallest absolute Gasteiger partial charge is 0.234 e. The number of rotatable bonds is 8. The summed E-state index contributed by atoms with van der Waals surface area (Å²) in [6.45, 7) is 9.46. The molecule has 1 aliphatic rings. The number of hydrogen-bond acceptors (Lipinski definition) is 5. The Morgan fingerprint density at radius 2 is 1.73 bits per heavy atom. The maximum Gasteiger partial charge on any atom is 0.234 e. The SMILES string of the molecule is CC(CO)NNC(=O)CCCC(=O)N1CCN(C(C)C)CC1. The number of piperazine rings is 1. The second kappa shape index (κ2) is 9.76. The number of aliphatic hydroxyl groups is 1. The average molecular weight is 314 g/mol. The highest BCUT2D eigenvalue weighted by Crippen LogP contribution is 2.08. The van der Waals surface area contributed by atoms with Crippen LogP contribution in [0.3, 0.4) is 0 Å². The first-order chi connectivity index (χ1) is 10.4. The minimum Gasteiger partial charge on any atom is -0.395 e. The van der Waals surface area contributed by atoms with Gasteiger partial charge in [-0.3, -0.25) is 19.9 Å². The zero-order chi connectivity index (χ0) is 16.5. The first-order valence-corrected chi connectivity index (χ1v) is 8.11. The third-order valence-corrected chi connectivity index (χ3v) is 3.92. The maximum atomic E-state index is 12.1. The maximum absolute atomic E-state index is 12.1. The fraction of sp³-hybridized carbons (Fsp3) is 0.867. The molecule has 1 aliphatic heterocycles. The molecule has 0 aromatic carbocycles. The Morgan fingerprint density at radius 1 is 1.09 bits per heavy atom. The fourth-order valence-electron chi connectivity index (χ4n) is 2.36. The predicted molar refractivity (Wildman–Crippen MR) is 85.0 cm³/mol. The topological polar surface area (TPSA) is 84.9 Å². The monoisotopic (exact) mass is 314 g/mol. The molecule has 0 aromatic rings. The van der Waals surface area contributed by atoms with E-state index in [-0.39, 0.29) is 24.5 Å². The van der Waals surface area contributed by atoms with Crippen molar-refractivity contribution in [2.75, 3.05) is 32.8 Å². The summed E-state index contributed by atoms with van der Waals surface area (Å²) in [5.74, 6) is -0.0226. The summed E-state index contributed by atoms with van der Waals surface area (Å²) in [5, 5.41) is 8.83. The highest BCUT2D eigenvalue weighted by Gasteiger charge is 2.22. The Labute approximate surface area is 133 Å². The molecule has 7 nitrogen and oxygen atoms in total. The molecule has 0 saturated carbocycles. The molecule has 0 bridgehead atoms. The van der Waals surface area contributed by atoms with Crippen molar-refractivity contribution in [3.63, 3.8) is 0 Å². The number of hydrazine groups is 1. The van der Waals surface area contributed by atoms with Crippen molar-refractivity contribution in [3.05, 3.63) is 0 Å². The summed E-state index contributed by atoms with van der Waals surface area (Å²) in [4.78, 5) is 27.9. The van der Waals surface area contributed by atoms with Crippen LogP contribution in [0.1, 0.15) is 40.0 Å². The molecule has 22 heavy (non-hydrogen) atoms. The molecule has 3 N–H and O–H groups in total. The van der Waals surface area contributed by atoms with E-state index < -0.39 is 0 Å². The van der Waals surface area contributed by atoms with E-state index in [4.69, 9.17) is 5.11 Å². The summed E-state index contributed by atoms with van der Waals surface area (Å²) < 4.78 is 0. The van der Waals surface area contributed by atoms with E-state index in [1.807, 2.05) is 4.90 Å². The van der Waals surface area contributed by atoms with E-state index in [1.54, 1.807) is 6.92 Å². The Balaban J connectivity index is 2.15. The molecule has 1 saturated heterocycles.